The van der Waals surface area contributed by atoms with Crippen LogP contribution in [0.1, 0.15) is 22.6 Å². The van der Waals surface area contributed by atoms with E-state index in [1.54, 1.807) is 10.7 Å². The van der Waals surface area contributed by atoms with E-state index >= 15 is 0 Å². The van der Waals surface area contributed by atoms with Crippen molar-refractivity contribution in [3.05, 3.63) is 47.8 Å². The zero-order valence-electron chi connectivity index (χ0n) is 13.9. The Morgan fingerprint density at radius 3 is 2.65 bits per heavy atom. The van der Waals surface area contributed by atoms with Gasteiger partial charge >= 0.3 is 6.18 Å². The van der Waals surface area contributed by atoms with E-state index in [0.717, 1.165) is 0 Å². The molecule has 8 heteroatoms. The molecule has 2 aliphatic rings. The molecule has 2 atom stereocenters. The van der Waals surface area contributed by atoms with Gasteiger partial charge in [-0.1, -0.05) is 18.2 Å². The number of hydrogen-bond acceptors (Lipinski definition) is 3. The first-order valence-electron chi connectivity index (χ1n) is 8.52. The van der Waals surface area contributed by atoms with Crippen LogP contribution in [-0.2, 0) is 13.2 Å². The topological polar surface area (TPSA) is 47.4 Å². The third-order valence-electron chi connectivity index (χ3n) is 4.85. The summed E-state index contributed by atoms with van der Waals surface area (Å²) in [6, 6.07) is 10.9. The van der Waals surface area contributed by atoms with Gasteiger partial charge in [0, 0.05) is 13.1 Å². The van der Waals surface area contributed by atoms with Gasteiger partial charge in [-0.15, -0.1) is 0 Å². The van der Waals surface area contributed by atoms with Crippen molar-refractivity contribution < 1.29 is 22.7 Å². The maximum Gasteiger partial charge on any atom is 0.392 e. The van der Waals surface area contributed by atoms with Gasteiger partial charge in [0.15, 0.2) is 0 Å². The van der Waals surface area contributed by atoms with Crippen LogP contribution in [-0.4, -0.2) is 39.9 Å². The number of fused-ring (bicyclic) bond motifs is 1. The van der Waals surface area contributed by atoms with Gasteiger partial charge in [-0.25, -0.2) is 0 Å². The Bertz CT molecular complexity index is 804. The fourth-order valence-electron chi connectivity index (χ4n) is 3.34. The molecule has 4 rings (SSSR count). The zero-order valence-corrected chi connectivity index (χ0v) is 13.9. The Labute approximate surface area is 148 Å². The molecule has 0 radical (unpaired) electrons. The van der Waals surface area contributed by atoms with Crippen molar-refractivity contribution in [3.63, 3.8) is 0 Å². The molecule has 0 saturated heterocycles. The summed E-state index contributed by atoms with van der Waals surface area (Å²) < 4.78 is 45.3. The van der Waals surface area contributed by atoms with Crippen molar-refractivity contribution >= 4 is 5.91 Å². The largest absolute Gasteiger partial charge is 0.487 e. The molecule has 1 fully saturated rings. The first-order chi connectivity index (χ1) is 12.4. The van der Waals surface area contributed by atoms with Gasteiger partial charge in [0.2, 0.25) is 0 Å². The second-order valence-corrected chi connectivity index (χ2v) is 6.74. The predicted molar refractivity (Wildman–Crippen MR) is 86.6 cm³/mol. The van der Waals surface area contributed by atoms with Gasteiger partial charge < -0.3 is 9.64 Å². The number of para-hydroxylation sites is 1. The fraction of sp³-hybridized carbons (Fsp3) is 0.444. The highest BCUT2D eigenvalue weighted by Gasteiger charge is 2.56. The molecule has 0 bridgehead atoms. The summed E-state index contributed by atoms with van der Waals surface area (Å²) in [5, 5.41) is 4.36. The van der Waals surface area contributed by atoms with Gasteiger partial charge in [-0.05, 0) is 30.5 Å². The SMILES string of the molecule is O=C1c2cc(COc3ccccc3)nn2CCN1C[C@@H]1C[C@H]1C(F)(F)F. The van der Waals surface area contributed by atoms with E-state index < -0.39 is 18.0 Å². The standard InChI is InChI=1S/C18H18F3N3O2/c19-18(20,21)15-8-12(15)10-23-6-7-24-16(17(23)25)9-13(22-24)11-26-14-4-2-1-3-5-14/h1-5,9,12,15H,6-8,10-11H2/t12-,15+/m0/s1. The number of amides is 1. The van der Waals surface area contributed by atoms with Crippen LogP contribution in [0.3, 0.4) is 0 Å². The molecule has 0 spiro atoms. The summed E-state index contributed by atoms with van der Waals surface area (Å²) in [5.41, 5.74) is 1.03. The van der Waals surface area contributed by atoms with E-state index in [2.05, 4.69) is 5.10 Å². The number of carbonyl (C=O) groups is 1. The van der Waals surface area contributed by atoms with Crippen LogP contribution in [0, 0.1) is 11.8 Å². The fourth-order valence-corrected chi connectivity index (χ4v) is 3.34. The van der Waals surface area contributed by atoms with E-state index in [1.165, 1.54) is 4.90 Å². The number of aromatic nitrogens is 2. The van der Waals surface area contributed by atoms with Crippen LogP contribution in [0.25, 0.3) is 0 Å². The maximum atomic E-state index is 12.7. The summed E-state index contributed by atoms with van der Waals surface area (Å²) in [6.45, 7) is 1.25. The highest BCUT2D eigenvalue weighted by Crippen LogP contribution is 2.50. The lowest BCUT2D eigenvalue weighted by Gasteiger charge is -2.27. The highest BCUT2D eigenvalue weighted by molar-refractivity contribution is 5.93. The third kappa shape index (κ3) is 3.40. The molecule has 0 N–H and O–H groups in total. The molecule has 5 nitrogen and oxygen atoms in total. The molecule has 1 aromatic carbocycles. The lowest BCUT2D eigenvalue weighted by atomic mass is 10.2. The van der Waals surface area contributed by atoms with Crippen LogP contribution in [0.4, 0.5) is 13.2 Å². The van der Waals surface area contributed by atoms with Crippen LogP contribution in [0.2, 0.25) is 0 Å². The predicted octanol–water partition coefficient (Wildman–Crippen LogP) is 3.12. The quantitative estimate of drug-likeness (QED) is 0.818. The smallest absolute Gasteiger partial charge is 0.392 e. The van der Waals surface area contributed by atoms with Crippen LogP contribution < -0.4 is 4.74 Å². The summed E-state index contributed by atoms with van der Waals surface area (Å²) in [4.78, 5) is 14.1. The number of halogens is 3. The molecule has 2 heterocycles. The number of benzene rings is 1. The third-order valence-corrected chi connectivity index (χ3v) is 4.85. The van der Waals surface area contributed by atoms with E-state index in [4.69, 9.17) is 4.74 Å². The van der Waals surface area contributed by atoms with Crippen LogP contribution in [0.5, 0.6) is 5.75 Å². The second-order valence-electron chi connectivity index (χ2n) is 6.74. The Balaban J connectivity index is 1.38. The van der Waals surface area contributed by atoms with Crippen molar-refractivity contribution in [3.8, 4) is 5.75 Å². The minimum Gasteiger partial charge on any atom is -0.487 e. The van der Waals surface area contributed by atoms with Gasteiger partial charge in [0.1, 0.15) is 23.7 Å². The zero-order chi connectivity index (χ0) is 18.3. The number of carbonyl (C=O) groups excluding carboxylic acids is 1. The van der Waals surface area contributed by atoms with Gasteiger partial charge in [0.05, 0.1) is 12.5 Å². The molecular weight excluding hydrogens is 347 g/mol. The van der Waals surface area contributed by atoms with Gasteiger partial charge in [-0.2, -0.15) is 18.3 Å². The second kappa shape index (κ2) is 6.34. The van der Waals surface area contributed by atoms with Gasteiger partial charge in [0.25, 0.3) is 5.91 Å². The monoisotopic (exact) mass is 365 g/mol. The molecule has 1 aliphatic carbocycles. The number of ether oxygens (including phenoxy) is 1. The molecule has 26 heavy (non-hydrogen) atoms. The number of nitrogens with zero attached hydrogens (tertiary/aromatic N) is 3. The first-order valence-corrected chi connectivity index (χ1v) is 8.52. The maximum absolute atomic E-state index is 12.7. The normalized spacial score (nSPS) is 22.3. The van der Waals surface area contributed by atoms with Crippen molar-refractivity contribution in [2.45, 2.75) is 25.7 Å². The molecule has 0 unspecified atom stereocenters. The number of alkyl halides is 3. The molecule has 138 valence electrons. The minimum absolute atomic E-state index is 0.114. The molecular formula is C18H18F3N3O2. The van der Waals surface area contributed by atoms with E-state index in [1.807, 2.05) is 30.3 Å². The Hall–Kier alpha value is -2.51. The molecule has 1 aliphatic heterocycles. The first kappa shape index (κ1) is 16.9. The van der Waals surface area contributed by atoms with E-state index in [9.17, 15) is 18.0 Å². The van der Waals surface area contributed by atoms with Crippen LogP contribution >= 0.6 is 0 Å². The van der Waals surface area contributed by atoms with E-state index in [0.29, 0.717) is 30.2 Å². The Kier molecular flexibility index (Phi) is 4.13. The molecule has 1 aromatic heterocycles. The number of rotatable bonds is 5. The van der Waals surface area contributed by atoms with Crippen molar-refractivity contribution in [2.24, 2.45) is 11.8 Å². The van der Waals surface area contributed by atoms with E-state index in [-0.39, 0.29) is 25.5 Å². The molecule has 2 aromatic rings. The summed E-state index contributed by atoms with van der Waals surface area (Å²) >= 11 is 0. The average molecular weight is 365 g/mol. The molecule has 1 amide bonds. The Morgan fingerprint density at radius 1 is 1.19 bits per heavy atom. The average Bonchev–Trinajstić information content (AvgIpc) is 3.27. The summed E-state index contributed by atoms with van der Waals surface area (Å²) in [7, 11) is 0. The van der Waals surface area contributed by atoms with Crippen molar-refractivity contribution in [2.75, 3.05) is 13.1 Å². The Morgan fingerprint density at radius 2 is 1.96 bits per heavy atom. The van der Waals surface area contributed by atoms with Crippen molar-refractivity contribution in [1.29, 1.82) is 0 Å². The summed E-state index contributed by atoms with van der Waals surface area (Å²) in [5.74, 6) is -1.30. The van der Waals surface area contributed by atoms with Crippen molar-refractivity contribution in [1.82, 2.24) is 14.7 Å². The number of hydrogen-bond donors (Lipinski definition) is 0. The minimum atomic E-state index is -4.16. The lowest BCUT2D eigenvalue weighted by molar-refractivity contribution is -0.151. The summed E-state index contributed by atoms with van der Waals surface area (Å²) in [6.07, 6.45) is -4.05. The van der Waals surface area contributed by atoms with Gasteiger partial charge in [-0.3, -0.25) is 9.48 Å². The van der Waals surface area contributed by atoms with Crippen LogP contribution in [0.15, 0.2) is 36.4 Å². The highest BCUT2D eigenvalue weighted by atomic mass is 19.4. The molecule has 1 saturated carbocycles. The lowest BCUT2D eigenvalue weighted by Crippen LogP contribution is -2.41.